The average Bonchev–Trinajstić information content (AvgIpc) is 3.35. The molecule has 8 heteroatoms. The second-order valence-electron chi connectivity index (χ2n) is 9.07. The van der Waals surface area contributed by atoms with E-state index < -0.39 is 0 Å². The lowest BCUT2D eigenvalue weighted by atomic mass is 10.0. The van der Waals surface area contributed by atoms with E-state index in [1.54, 1.807) is 28.0 Å². The molecule has 36 heavy (non-hydrogen) atoms. The van der Waals surface area contributed by atoms with Gasteiger partial charge >= 0.3 is 0 Å². The molecule has 8 nitrogen and oxygen atoms in total. The monoisotopic (exact) mass is 480 g/mol. The number of carbonyl (C=O) groups excluding carboxylic acids is 2. The molecule has 0 radical (unpaired) electrons. The zero-order chi connectivity index (χ0) is 25.1. The molecule has 1 aliphatic heterocycles. The Labute approximate surface area is 209 Å². The smallest absolute Gasteiger partial charge is 0.255 e. The number of nitrogens with zero attached hydrogens (tertiary/aromatic N) is 4. The molecule has 2 amide bonds. The number of benzene rings is 2. The summed E-state index contributed by atoms with van der Waals surface area (Å²) in [6, 6.07) is 19.3. The number of anilines is 1. The Balaban J connectivity index is 1.25. The van der Waals surface area contributed by atoms with E-state index in [0.717, 1.165) is 35.1 Å². The number of aryl methyl sites for hydroxylation is 1. The number of nitrogens with one attached hydrogen (secondary N) is 1. The standard InChI is InChI=1S/C28H28N6O2/c1-33-17-23(16-31-33)22-14-25(26(29)30-15-22)27(35)32-24-8-5-13-34(18-24)28(36)21-11-9-20(10-12-21)19-6-3-2-4-7-19/h2-4,6-7,9-12,14-17,24H,5,8,13,18H2,1H3,(H2,29,30)(H,32,35). The summed E-state index contributed by atoms with van der Waals surface area (Å²) in [5, 5.41) is 7.23. The number of pyridine rings is 1. The maximum atomic E-state index is 13.2. The van der Waals surface area contributed by atoms with Crippen molar-refractivity contribution in [1.29, 1.82) is 0 Å². The molecule has 2 aromatic carbocycles. The van der Waals surface area contributed by atoms with Gasteiger partial charge in [0.25, 0.3) is 11.8 Å². The molecule has 1 unspecified atom stereocenters. The SMILES string of the molecule is Cn1cc(-c2cnc(N)c(C(=O)NC3CCCN(C(=O)c4ccc(-c5ccccc5)cc4)C3)c2)cn1. The van der Waals surface area contributed by atoms with Crippen molar-refractivity contribution in [2.75, 3.05) is 18.8 Å². The minimum absolute atomic E-state index is 0.0340. The highest BCUT2D eigenvalue weighted by Crippen LogP contribution is 2.23. The van der Waals surface area contributed by atoms with E-state index in [1.807, 2.05) is 67.8 Å². The Bertz CT molecular complexity index is 1380. The first-order valence-corrected chi connectivity index (χ1v) is 12.0. The topological polar surface area (TPSA) is 106 Å². The summed E-state index contributed by atoms with van der Waals surface area (Å²) in [4.78, 5) is 32.3. The Kier molecular flexibility index (Phi) is 6.49. The lowest BCUT2D eigenvalue weighted by Gasteiger charge is -2.33. The minimum Gasteiger partial charge on any atom is -0.383 e. The minimum atomic E-state index is -0.294. The van der Waals surface area contributed by atoms with Crippen LogP contribution in [0.1, 0.15) is 33.6 Å². The summed E-state index contributed by atoms with van der Waals surface area (Å²) in [5.41, 5.74) is 10.8. The molecule has 1 saturated heterocycles. The van der Waals surface area contributed by atoms with Crippen molar-refractivity contribution in [1.82, 2.24) is 25.0 Å². The van der Waals surface area contributed by atoms with Crippen LogP contribution in [0.15, 0.2) is 79.3 Å². The van der Waals surface area contributed by atoms with Gasteiger partial charge in [-0.15, -0.1) is 0 Å². The normalized spacial score (nSPS) is 15.5. The van der Waals surface area contributed by atoms with Crippen molar-refractivity contribution in [3.05, 3.63) is 90.4 Å². The lowest BCUT2D eigenvalue weighted by molar-refractivity contribution is 0.0676. The Morgan fingerprint density at radius 3 is 2.44 bits per heavy atom. The van der Waals surface area contributed by atoms with Crippen LogP contribution in [0.5, 0.6) is 0 Å². The summed E-state index contributed by atoms with van der Waals surface area (Å²) in [6.45, 7) is 1.10. The van der Waals surface area contributed by atoms with Gasteiger partial charge in [0.15, 0.2) is 0 Å². The molecule has 182 valence electrons. The van der Waals surface area contributed by atoms with Crippen LogP contribution in [0.25, 0.3) is 22.3 Å². The maximum absolute atomic E-state index is 13.2. The number of likely N-dealkylation sites (tertiary alicyclic amines) is 1. The van der Waals surface area contributed by atoms with Crippen molar-refractivity contribution < 1.29 is 9.59 Å². The molecular weight excluding hydrogens is 452 g/mol. The highest BCUT2D eigenvalue weighted by Gasteiger charge is 2.26. The third-order valence-electron chi connectivity index (χ3n) is 6.48. The third kappa shape index (κ3) is 4.98. The molecule has 0 aliphatic carbocycles. The quantitative estimate of drug-likeness (QED) is 0.452. The van der Waals surface area contributed by atoms with Gasteiger partial charge < -0.3 is 16.0 Å². The predicted molar refractivity (Wildman–Crippen MR) is 139 cm³/mol. The molecule has 2 aromatic heterocycles. The number of aromatic nitrogens is 3. The summed E-state index contributed by atoms with van der Waals surface area (Å²) in [5.74, 6) is -0.159. The van der Waals surface area contributed by atoms with Gasteiger partial charge in [-0.2, -0.15) is 5.10 Å². The van der Waals surface area contributed by atoms with Crippen molar-refractivity contribution in [3.63, 3.8) is 0 Å². The Morgan fingerprint density at radius 1 is 0.972 bits per heavy atom. The Hall–Kier alpha value is -4.46. The summed E-state index contributed by atoms with van der Waals surface area (Å²) in [7, 11) is 1.83. The second kappa shape index (κ2) is 10.0. The highest BCUT2D eigenvalue weighted by atomic mass is 16.2. The lowest BCUT2D eigenvalue weighted by Crippen LogP contribution is -2.49. The Morgan fingerprint density at radius 2 is 1.72 bits per heavy atom. The molecule has 4 aromatic rings. The van der Waals surface area contributed by atoms with Crippen LogP contribution in [0.4, 0.5) is 5.82 Å². The third-order valence-corrected chi connectivity index (χ3v) is 6.48. The number of amides is 2. The van der Waals surface area contributed by atoms with E-state index in [2.05, 4.69) is 15.4 Å². The zero-order valence-electron chi connectivity index (χ0n) is 20.1. The number of nitrogen functional groups attached to an aromatic ring is 1. The van der Waals surface area contributed by atoms with E-state index in [-0.39, 0.29) is 23.7 Å². The van der Waals surface area contributed by atoms with Gasteiger partial charge in [0.2, 0.25) is 0 Å². The van der Waals surface area contributed by atoms with E-state index in [9.17, 15) is 9.59 Å². The molecule has 3 N–H and O–H groups in total. The van der Waals surface area contributed by atoms with Crippen LogP contribution in [0.2, 0.25) is 0 Å². The molecule has 0 spiro atoms. The molecule has 0 saturated carbocycles. The molecular formula is C28H28N6O2. The first-order chi connectivity index (χ1) is 17.5. The van der Waals surface area contributed by atoms with Gasteiger partial charge in [-0.1, -0.05) is 42.5 Å². The molecule has 3 heterocycles. The van der Waals surface area contributed by atoms with E-state index in [4.69, 9.17) is 5.73 Å². The van der Waals surface area contributed by atoms with Gasteiger partial charge in [-0.25, -0.2) is 4.98 Å². The van der Waals surface area contributed by atoms with Crippen molar-refractivity contribution in [3.8, 4) is 22.3 Å². The van der Waals surface area contributed by atoms with Gasteiger partial charge in [-0.3, -0.25) is 14.3 Å². The second-order valence-corrected chi connectivity index (χ2v) is 9.07. The first kappa shape index (κ1) is 23.3. The predicted octanol–water partition coefficient (Wildman–Crippen LogP) is 3.77. The highest BCUT2D eigenvalue weighted by molar-refractivity contribution is 5.99. The average molecular weight is 481 g/mol. The summed E-state index contributed by atoms with van der Waals surface area (Å²) < 4.78 is 1.69. The van der Waals surface area contributed by atoms with Crippen LogP contribution < -0.4 is 11.1 Å². The number of hydrogen-bond acceptors (Lipinski definition) is 5. The fraction of sp³-hybridized carbons (Fsp3) is 0.214. The van der Waals surface area contributed by atoms with Crippen molar-refractivity contribution in [2.24, 2.45) is 7.05 Å². The van der Waals surface area contributed by atoms with Crippen molar-refractivity contribution in [2.45, 2.75) is 18.9 Å². The molecule has 1 fully saturated rings. The van der Waals surface area contributed by atoms with Gasteiger partial charge in [0.1, 0.15) is 5.82 Å². The number of nitrogens with two attached hydrogens (primary N) is 1. The number of rotatable bonds is 5. The van der Waals surface area contributed by atoms with Crippen LogP contribution >= 0.6 is 0 Å². The first-order valence-electron chi connectivity index (χ1n) is 12.0. The summed E-state index contributed by atoms with van der Waals surface area (Å²) in [6.07, 6.45) is 6.80. The van der Waals surface area contributed by atoms with Crippen LogP contribution in [-0.2, 0) is 7.05 Å². The van der Waals surface area contributed by atoms with Gasteiger partial charge in [0, 0.05) is 55.3 Å². The van der Waals surface area contributed by atoms with Gasteiger partial charge in [0.05, 0.1) is 11.8 Å². The maximum Gasteiger partial charge on any atom is 0.255 e. The number of hydrogen-bond donors (Lipinski definition) is 2. The van der Waals surface area contributed by atoms with Crippen LogP contribution in [0, 0.1) is 0 Å². The number of carbonyl (C=O) groups is 2. The molecule has 1 atom stereocenters. The zero-order valence-corrected chi connectivity index (χ0v) is 20.1. The van der Waals surface area contributed by atoms with Gasteiger partial charge in [-0.05, 0) is 42.2 Å². The van der Waals surface area contributed by atoms with Crippen molar-refractivity contribution >= 4 is 17.6 Å². The number of piperidine rings is 1. The molecule has 5 rings (SSSR count). The van der Waals surface area contributed by atoms with Crippen LogP contribution in [-0.4, -0.2) is 50.6 Å². The molecule has 0 bridgehead atoms. The van der Waals surface area contributed by atoms with E-state index in [1.165, 1.54) is 0 Å². The fourth-order valence-corrected chi connectivity index (χ4v) is 4.55. The van der Waals surface area contributed by atoms with E-state index >= 15 is 0 Å². The van der Waals surface area contributed by atoms with E-state index in [0.29, 0.717) is 24.2 Å². The largest absolute Gasteiger partial charge is 0.383 e. The molecule has 1 aliphatic rings. The summed E-state index contributed by atoms with van der Waals surface area (Å²) >= 11 is 0. The fourth-order valence-electron chi connectivity index (χ4n) is 4.55. The van der Waals surface area contributed by atoms with Crippen LogP contribution in [0.3, 0.4) is 0 Å².